The standard InChI is InChI=1S/C14H26N4O/c1-5-7-15-13-8-14(18-12(6-2)17-13)16-11(4)10(3)9-19/h8,10-11,19H,5-7,9H2,1-4H3,(H2,15,16,17,18). The van der Waals surface area contributed by atoms with E-state index in [1.807, 2.05) is 26.8 Å². The molecule has 2 unspecified atom stereocenters. The van der Waals surface area contributed by atoms with Crippen LogP contribution in [0.25, 0.3) is 0 Å². The van der Waals surface area contributed by atoms with Crippen LogP contribution >= 0.6 is 0 Å². The van der Waals surface area contributed by atoms with Crippen molar-refractivity contribution in [1.29, 1.82) is 0 Å². The van der Waals surface area contributed by atoms with Gasteiger partial charge in [0, 0.05) is 31.7 Å². The number of aliphatic hydroxyl groups excluding tert-OH is 1. The van der Waals surface area contributed by atoms with Crippen LogP contribution < -0.4 is 10.6 Å². The Hall–Kier alpha value is -1.36. The van der Waals surface area contributed by atoms with Gasteiger partial charge in [0.2, 0.25) is 0 Å². The van der Waals surface area contributed by atoms with Crippen molar-refractivity contribution in [2.45, 2.75) is 46.6 Å². The number of aryl methyl sites for hydroxylation is 1. The largest absolute Gasteiger partial charge is 0.396 e. The Morgan fingerprint density at radius 2 is 1.89 bits per heavy atom. The first-order chi connectivity index (χ1) is 9.10. The van der Waals surface area contributed by atoms with Gasteiger partial charge in [-0.1, -0.05) is 20.8 Å². The molecule has 1 rings (SSSR count). The average Bonchev–Trinajstić information content (AvgIpc) is 2.43. The number of nitrogens with one attached hydrogen (secondary N) is 2. The molecule has 1 aromatic heterocycles. The third-order valence-corrected chi connectivity index (χ3v) is 3.16. The summed E-state index contributed by atoms with van der Waals surface area (Å²) in [4.78, 5) is 8.92. The maximum atomic E-state index is 9.17. The molecule has 0 saturated heterocycles. The molecule has 0 aliphatic carbocycles. The minimum Gasteiger partial charge on any atom is -0.396 e. The summed E-state index contributed by atoms with van der Waals surface area (Å²) >= 11 is 0. The van der Waals surface area contributed by atoms with Gasteiger partial charge in [0.25, 0.3) is 0 Å². The summed E-state index contributed by atoms with van der Waals surface area (Å²) in [6.45, 7) is 9.30. The van der Waals surface area contributed by atoms with Gasteiger partial charge in [-0.05, 0) is 19.3 Å². The number of anilines is 2. The SMILES string of the molecule is CCCNc1cc(NC(C)C(C)CO)nc(CC)n1. The van der Waals surface area contributed by atoms with Crippen LogP contribution in [0.1, 0.15) is 39.9 Å². The number of hydrogen-bond donors (Lipinski definition) is 3. The van der Waals surface area contributed by atoms with Crippen LogP contribution in [-0.2, 0) is 6.42 Å². The summed E-state index contributed by atoms with van der Waals surface area (Å²) < 4.78 is 0. The predicted molar refractivity (Wildman–Crippen MR) is 79.5 cm³/mol. The number of aromatic nitrogens is 2. The van der Waals surface area contributed by atoms with Gasteiger partial charge >= 0.3 is 0 Å². The number of rotatable bonds is 8. The Morgan fingerprint density at radius 3 is 2.47 bits per heavy atom. The lowest BCUT2D eigenvalue weighted by Gasteiger charge is -2.20. The molecule has 2 atom stereocenters. The zero-order chi connectivity index (χ0) is 14.3. The van der Waals surface area contributed by atoms with Crippen molar-refractivity contribution in [3.05, 3.63) is 11.9 Å². The smallest absolute Gasteiger partial charge is 0.132 e. The quantitative estimate of drug-likeness (QED) is 0.673. The molecule has 108 valence electrons. The van der Waals surface area contributed by atoms with Crippen LogP contribution in [0.2, 0.25) is 0 Å². The van der Waals surface area contributed by atoms with E-state index in [1.165, 1.54) is 0 Å². The predicted octanol–water partition coefficient (Wildman–Crippen LogP) is 2.29. The minimum absolute atomic E-state index is 0.167. The summed E-state index contributed by atoms with van der Waals surface area (Å²) in [7, 11) is 0. The fraction of sp³-hybridized carbons (Fsp3) is 0.714. The molecule has 1 aromatic rings. The molecule has 5 nitrogen and oxygen atoms in total. The van der Waals surface area contributed by atoms with E-state index in [4.69, 9.17) is 5.11 Å². The molecule has 5 heteroatoms. The number of aliphatic hydroxyl groups is 1. The van der Waals surface area contributed by atoms with Crippen LogP contribution in [0.3, 0.4) is 0 Å². The summed E-state index contributed by atoms with van der Waals surface area (Å²) in [6.07, 6.45) is 1.87. The summed E-state index contributed by atoms with van der Waals surface area (Å²) in [5, 5.41) is 15.8. The monoisotopic (exact) mass is 266 g/mol. The highest BCUT2D eigenvalue weighted by molar-refractivity contribution is 5.48. The third-order valence-electron chi connectivity index (χ3n) is 3.16. The first-order valence-corrected chi connectivity index (χ1v) is 7.09. The van der Waals surface area contributed by atoms with Crippen molar-refractivity contribution >= 4 is 11.6 Å². The van der Waals surface area contributed by atoms with Gasteiger partial charge in [0.1, 0.15) is 17.5 Å². The summed E-state index contributed by atoms with van der Waals surface area (Å²) in [5.41, 5.74) is 0. The van der Waals surface area contributed by atoms with Gasteiger partial charge in [-0.15, -0.1) is 0 Å². The highest BCUT2D eigenvalue weighted by atomic mass is 16.3. The van der Waals surface area contributed by atoms with Gasteiger partial charge < -0.3 is 15.7 Å². The molecule has 0 amide bonds. The summed E-state index contributed by atoms with van der Waals surface area (Å²) in [5.74, 6) is 2.69. The molecular formula is C14H26N4O. The van der Waals surface area contributed by atoms with Crippen LogP contribution in [-0.4, -0.2) is 34.3 Å². The zero-order valence-electron chi connectivity index (χ0n) is 12.4. The van der Waals surface area contributed by atoms with E-state index in [2.05, 4.69) is 27.5 Å². The molecule has 3 N–H and O–H groups in total. The van der Waals surface area contributed by atoms with Gasteiger partial charge in [-0.3, -0.25) is 0 Å². The Bertz CT molecular complexity index is 384. The molecule has 0 spiro atoms. The third kappa shape index (κ3) is 5.03. The Balaban J connectivity index is 2.81. The lowest BCUT2D eigenvalue weighted by molar-refractivity contribution is 0.226. The van der Waals surface area contributed by atoms with Gasteiger partial charge in [-0.25, -0.2) is 9.97 Å². The van der Waals surface area contributed by atoms with Crippen LogP contribution in [0.15, 0.2) is 6.07 Å². The first-order valence-electron chi connectivity index (χ1n) is 7.09. The topological polar surface area (TPSA) is 70.1 Å². The van der Waals surface area contributed by atoms with Crippen molar-refractivity contribution in [1.82, 2.24) is 9.97 Å². The van der Waals surface area contributed by atoms with E-state index in [0.717, 1.165) is 36.8 Å². The van der Waals surface area contributed by atoms with E-state index >= 15 is 0 Å². The minimum atomic E-state index is 0.167. The molecular weight excluding hydrogens is 240 g/mol. The molecule has 19 heavy (non-hydrogen) atoms. The van der Waals surface area contributed by atoms with Crippen molar-refractivity contribution in [2.75, 3.05) is 23.8 Å². The second kappa shape index (κ2) is 7.94. The highest BCUT2D eigenvalue weighted by Gasteiger charge is 2.12. The van der Waals surface area contributed by atoms with E-state index < -0.39 is 0 Å². The van der Waals surface area contributed by atoms with Crippen molar-refractivity contribution in [3.8, 4) is 0 Å². The first kappa shape index (κ1) is 15.7. The Kier molecular flexibility index (Phi) is 6.56. The Labute approximate surface area is 115 Å². The van der Waals surface area contributed by atoms with Gasteiger partial charge in [0.05, 0.1) is 0 Å². The Morgan fingerprint density at radius 1 is 1.21 bits per heavy atom. The zero-order valence-corrected chi connectivity index (χ0v) is 12.4. The van der Waals surface area contributed by atoms with Crippen LogP contribution in [0.4, 0.5) is 11.6 Å². The molecule has 0 aromatic carbocycles. The second-order valence-electron chi connectivity index (χ2n) is 4.93. The lowest BCUT2D eigenvalue weighted by atomic mass is 10.1. The fourth-order valence-electron chi connectivity index (χ4n) is 1.61. The van der Waals surface area contributed by atoms with Crippen LogP contribution in [0, 0.1) is 5.92 Å². The highest BCUT2D eigenvalue weighted by Crippen LogP contribution is 2.15. The van der Waals surface area contributed by atoms with Gasteiger partial charge in [-0.2, -0.15) is 0 Å². The molecule has 0 saturated carbocycles. The number of hydrogen-bond acceptors (Lipinski definition) is 5. The van der Waals surface area contributed by atoms with Crippen molar-refractivity contribution in [2.24, 2.45) is 5.92 Å². The van der Waals surface area contributed by atoms with E-state index in [1.54, 1.807) is 0 Å². The van der Waals surface area contributed by atoms with E-state index in [0.29, 0.717) is 0 Å². The van der Waals surface area contributed by atoms with Crippen LogP contribution in [0.5, 0.6) is 0 Å². The maximum absolute atomic E-state index is 9.17. The lowest BCUT2D eigenvalue weighted by Crippen LogP contribution is -2.27. The fourth-order valence-corrected chi connectivity index (χ4v) is 1.61. The molecule has 1 heterocycles. The van der Waals surface area contributed by atoms with Crippen molar-refractivity contribution in [3.63, 3.8) is 0 Å². The molecule has 0 aliphatic heterocycles. The van der Waals surface area contributed by atoms with E-state index in [-0.39, 0.29) is 18.6 Å². The maximum Gasteiger partial charge on any atom is 0.132 e. The molecule has 0 radical (unpaired) electrons. The molecule has 0 bridgehead atoms. The molecule has 0 fully saturated rings. The number of nitrogens with zero attached hydrogens (tertiary/aromatic N) is 2. The average molecular weight is 266 g/mol. The second-order valence-corrected chi connectivity index (χ2v) is 4.93. The van der Waals surface area contributed by atoms with E-state index in [9.17, 15) is 0 Å². The van der Waals surface area contributed by atoms with Crippen molar-refractivity contribution < 1.29 is 5.11 Å². The molecule has 0 aliphatic rings. The normalized spacial score (nSPS) is 13.9. The summed E-state index contributed by atoms with van der Waals surface area (Å²) in [6, 6.07) is 2.10. The van der Waals surface area contributed by atoms with Gasteiger partial charge in [0.15, 0.2) is 0 Å².